The maximum Gasteiger partial charge on any atom is 0.305 e. The first kappa shape index (κ1) is 37.0. The number of aliphatic hydroxyl groups is 2. The predicted octanol–water partition coefficient (Wildman–Crippen LogP) is 5.21. The topological polar surface area (TPSA) is 130 Å². The Morgan fingerprint density at radius 2 is 1.04 bits per heavy atom. The maximum atomic E-state index is 12.7. The number of benzene rings is 3. The zero-order valence-electron chi connectivity index (χ0n) is 26.8. The summed E-state index contributed by atoms with van der Waals surface area (Å²) in [5.41, 5.74) is -1.57. The molecule has 0 aromatic heterocycles. The Labute approximate surface area is 265 Å². The Kier molecular flexibility index (Phi) is 14.8. The van der Waals surface area contributed by atoms with Crippen LogP contribution in [-0.4, -0.2) is 77.1 Å². The Bertz CT molecular complexity index is 1340. The monoisotopic (exact) mass is 619 g/mol. The van der Waals surface area contributed by atoms with Crippen molar-refractivity contribution in [2.45, 2.75) is 63.7 Å². The van der Waals surface area contributed by atoms with E-state index in [0.717, 1.165) is 5.56 Å². The second-order valence-electron chi connectivity index (χ2n) is 11.0. The van der Waals surface area contributed by atoms with Gasteiger partial charge in [-0.05, 0) is 53.3 Å². The van der Waals surface area contributed by atoms with Gasteiger partial charge in [0.25, 0.3) is 0 Å². The molecule has 0 radical (unpaired) electrons. The van der Waals surface area contributed by atoms with Crippen LogP contribution in [0.5, 0.6) is 0 Å². The molecule has 9 nitrogen and oxygen atoms in total. The van der Waals surface area contributed by atoms with Crippen LogP contribution in [0.4, 0.5) is 0 Å². The lowest BCUT2D eigenvalue weighted by Crippen LogP contribution is -2.47. The van der Waals surface area contributed by atoms with Crippen LogP contribution in [0, 0.1) is 0 Å². The molecule has 45 heavy (non-hydrogen) atoms. The fourth-order valence-electron chi connectivity index (χ4n) is 5.06. The molecule has 3 aromatic carbocycles. The molecule has 0 aliphatic heterocycles. The molecule has 0 amide bonds. The van der Waals surface area contributed by atoms with Crippen LogP contribution in [0.1, 0.15) is 78.8 Å². The van der Waals surface area contributed by atoms with Crippen molar-refractivity contribution in [2.75, 3.05) is 27.3 Å². The third-order valence-electron chi connectivity index (χ3n) is 7.21. The normalized spacial score (nSPS) is 13.1. The number of Topliss-reactive ketones (excluding diaryl/α,β-unsaturated/α-hetero) is 2. The van der Waals surface area contributed by atoms with E-state index in [1.54, 1.807) is 75.4 Å². The minimum atomic E-state index is -1.82. The average molecular weight is 620 g/mol. The summed E-state index contributed by atoms with van der Waals surface area (Å²) < 4.78 is 9.67. The van der Waals surface area contributed by atoms with Crippen molar-refractivity contribution >= 4 is 23.5 Å². The number of ketones is 2. The first-order valence-corrected chi connectivity index (χ1v) is 15.0. The van der Waals surface area contributed by atoms with Crippen LogP contribution in [0.25, 0.3) is 0 Å². The molecular formula is C36H45NO8. The van der Waals surface area contributed by atoms with E-state index in [0.29, 0.717) is 11.1 Å². The summed E-state index contributed by atoms with van der Waals surface area (Å²) in [5, 5.41) is 21.7. The molecule has 2 unspecified atom stereocenters. The number of hydrogen-bond donors (Lipinski definition) is 2. The van der Waals surface area contributed by atoms with E-state index >= 15 is 0 Å². The number of nitrogens with zero attached hydrogens (tertiary/aromatic N) is 1. The summed E-state index contributed by atoms with van der Waals surface area (Å²) >= 11 is 0. The minimum Gasteiger partial charge on any atom is -0.466 e. The quantitative estimate of drug-likeness (QED) is 0.174. The Morgan fingerprint density at radius 3 is 1.42 bits per heavy atom. The molecule has 2 N–H and O–H groups in total. The van der Waals surface area contributed by atoms with E-state index in [9.17, 15) is 29.4 Å². The van der Waals surface area contributed by atoms with Crippen molar-refractivity contribution < 1.29 is 38.9 Å². The van der Waals surface area contributed by atoms with E-state index < -0.39 is 35.0 Å². The van der Waals surface area contributed by atoms with E-state index in [1.807, 2.05) is 55.4 Å². The number of carbonyl (C=O) groups excluding carboxylic acids is 4. The standard InChI is InChI=1S/C18H21NO2.C18H24O6/c1-18(21,17(20)15-12-8-5-9-13-15)16(19(2)3)14-10-6-4-7-11-14;1-3-23-15(19)10-12-18(22,13-11-16(20)24-4-2)17(21)14-8-6-5-7-9-14/h4-13,16,21H,1-3H3;5-9,22H,3-4,10-13H2,1-2H3. The lowest BCUT2D eigenvalue weighted by molar-refractivity contribution is -0.144. The lowest BCUT2D eigenvalue weighted by Gasteiger charge is -2.36. The second kappa shape index (κ2) is 17.9. The van der Waals surface area contributed by atoms with Crippen molar-refractivity contribution in [3.63, 3.8) is 0 Å². The number of likely N-dealkylation sites (N-methyl/N-ethyl adjacent to an activating group) is 1. The highest BCUT2D eigenvalue weighted by molar-refractivity contribution is 6.03. The van der Waals surface area contributed by atoms with Crippen molar-refractivity contribution in [3.05, 3.63) is 108 Å². The molecule has 3 aromatic rings. The third-order valence-corrected chi connectivity index (χ3v) is 7.21. The van der Waals surface area contributed by atoms with Crippen molar-refractivity contribution in [3.8, 4) is 0 Å². The van der Waals surface area contributed by atoms with E-state index in [1.165, 1.54) is 0 Å². The van der Waals surface area contributed by atoms with Gasteiger partial charge in [-0.3, -0.25) is 24.1 Å². The number of hydrogen-bond acceptors (Lipinski definition) is 9. The summed E-state index contributed by atoms with van der Waals surface area (Å²) in [6.07, 6.45) is -0.435. The SMILES string of the molecule is CCOC(=O)CCC(O)(CCC(=O)OCC)C(=O)c1ccccc1.CN(C)C(c1ccccc1)C(C)(O)C(=O)c1ccccc1. The molecule has 0 fully saturated rings. The number of rotatable bonds is 15. The Hall–Kier alpha value is -4.18. The Morgan fingerprint density at radius 1 is 0.667 bits per heavy atom. The molecule has 0 saturated carbocycles. The van der Waals surface area contributed by atoms with Crippen molar-refractivity contribution in [1.82, 2.24) is 4.90 Å². The highest BCUT2D eigenvalue weighted by atomic mass is 16.5. The summed E-state index contributed by atoms with van der Waals surface area (Å²) in [7, 11) is 3.73. The van der Waals surface area contributed by atoms with Crippen molar-refractivity contribution in [1.29, 1.82) is 0 Å². The van der Waals surface area contributed by atoms with E-state index in [-0.39, 0.29) is 44.7 Å². The minimum absolute atomic E-state index is 0.105. The van der Waals surface area contributed by atoms with Gasteiger partial charge in [-0.2, -0.15) is 0 Å². The summed E-state index contributed by atoms with van der Waals surface area (Å²) in [6, 6.07) is 26.4. The van der Waals surface area contributed by atoms with E-state index in [4.69, 9.17) is 9.47 Å². The van der Waals surface area contributed by atoms with Crippen molar-refractivity contribution in [2.24, 2.45) is 0 Å². The summed E-state index contributed by atoms with van der Waals surface area (Å²) in [4.78, 5) is 50.3. The summed E-state index contributed by atoms with van der Waals surface area (Å²) in [6.45, 7) is 5.40. The highest BCUT2D eigenvalue weighted by Crippen LogP contribution is 2.33. The first-order chi connectivity index (χ1) is 21.4. The number of carbonyl (C=O) groups is 4. The molecule has 0 bridgehead atoms. The lowest BCUT2D eigenvalue weighted by atomic mass is 9.83. The maximum absolute atomic E-state index is 12.7. The fraction of sp³-hybridized carbons (Fsp3) is 0.389. The van der Waals surface area contributed by atoms with Gasteiger partial charge < -0.3 is 19.7 Å². The van der Waals surface area contributed by atoms with Gasteiger partial charge in [-0.15, -0.1) is 0 Å². The number of esters is 2. The molecule has 0 saturated heterocycles. The summed E-state index contributed by atoms with van der Waals surface area (Å²) in [5.74, 6) is -1.77. The fourth-order valence-corrected chi connectivity index (χ4v) is 5.06. The third kappa shape index (κ3) is 11.0. The van der Waals surface area contributed by atoms with Gasteiger partial charge in [0.2, 0.25) is 0 Å². The van der Waals surface area contributed by atoms with Crippen LogP contribution in [0.3, 0.4) is 0 Å². The van der Waals surface area contributed by atoms with Gasteiger partial charge in [0.1, 0.15) is 11.2 Å². The average Bonchev–Trinajstić information content (AvgIpc) is 3.04. The smallest absolute Gasteiger partial charge is 0.305 e. The largest absolute Gasteiger partial charge is 0.466 e. The van der Waals surface area contributed by atoms with Gasteiger partial charge in [-0.1, -0.05) is 91.0 Å². The zero-order chi connectivity index (χ0) is 33.5. The van der Waals surface area contributed by atoms with Crippen LogP contribution in [0.2, 0.25) is 0 Å². The molecule has 0 spiro atoms. The van der Waals surface area contributed by atoms with Gasteiger partial charge >= 0.3 is 11.9 Å². The Balaban J connectivity index is 0.000000316. The van der Waals surface area contributed by atoms with E-state index in [2.05, 4.69) is 0 Å². The van der Waals surface area contributed by atoms with Gasteiger partial charge in [0, 0.05) is 24.0 Å². The zero-order valence-corrected chi connectivity index (χ0v) is 26.8. The molecule has 0 aliphatic rings. The highest BCUT2D eigenvalue weighted by Gasteiger charge is 2.42. The molecular weight excluding hydrogens is 574 g/mol. The second-order valence-corrected chi connectivity index (χ2v) is 11.0. The molecule has 242 valence electrons. The number of ether oxygens (including phenoxy) is 2. The molecule has 3 rings (SSSR count). The van der Waals surface area contributed by atoms with Crippen LogP contribution in [0.15, 0.2) is 91.0 Å². The van der Waals surface area contributed by atoms with Gasteiger partial charge in [-0.25, -0.2) is 0 Å². The molecule has 9 heteroatoms. The van der Waals surface area contributed by atoms with Crippen LogP contribution < -0.4 is 0 Å². The molecule has 0 heterocycles. The first-order valence-electron chi connectivity index (χ1n) is 15.0. The predicted molar refractivity (Wildman–Crippen MR) is 172 cm³/mol. The molecule has 2 atom stereocenters. The van der Waals surface area contributed by atoms with Gasteiger partial charge in [0.05, 0.1) is 19.3 Å². The van der Waals surface area contributed by atoms with Gasteiger partial charge in [0.15, 0.2) is 11.6 Å². The van der Waals surface area contributed by atoms with Crippen LogP contribution in [-0.2, 0) is 19.1 Å². The van der Waals surface area contributed by atoms with Crippen LogP contribution >= 0.6 is 0 Å². The molecule has 0 aliphatic carbocycles.